The van der Waals surface area contributed by atoms with Crippen LogP contribution < -0.4 is 0 Å². The highest BCUT2D eigenvalue weighted by Crippen LogP contribution is 2.15. The molecule has 2 heteroatoms. The first-order valence-electron chi connectivity index (χ1n) is 6.25. The average molecular weight is 234 g/mol. The molecule has 0 aliphatic carbocycles. The van der Waals surface area contributed by atoms with Gasteiger partial charge in [-0.15, -0.1) is 0 Å². The van der Waals surface area contributed by atoms with Crippen molar-refractivity contribution >= 4 is 5.78 Å². The van der Waals surface area contributed by atoms with Gasteiger partial charge in [-0.1, -0.05) is 38.1 Å². The van der Waals surface area contributed by atoms with Crippen LogP contribution in [0, 0.1) is 0 Å². The second-order valence-electron chi connectivity index (χ2n) is 4.87. The summed E-state index contributed by atoms with van der Waals surface area (Å²) >= 11 is 0. The van der Waals surface area contributed by atoms with E-state index in [-0.39, 0.29) is 11.9 Å². The van der Waals surface area contributed by atoms with Gasteiger partial charge in [-0.25, -0.2) is 0 Å². The Kier molecular flexibility index (Phi) is 5.36. The Morgan fingerprint density at radius 1 is 1.12 bits per heavy atom. The Morgan fingerprint density at radius 3 is 2.18 bits per heavy atom. The summed E-state index contributed by atoms with van der Waals surface area (Å²) in [6, 6.07) is 7.88. The molecule has 94 valence electrons. The molecule has 0 N–H and O–H groups in total. The summed E-state index contributed by atoms with van der Waals surface area (Å²) in [5.74, 6) is 0.657. The van der Waals surface area contributed by atoms with Gasteiger partial charge in [0.15, 0.2) is 5.78 Å². The Balaban J connectivity index is 2.52. The minimum Gasteiger partial charge on any atom is -0.378 e. The fraction of sp³-hybridized carbons (Fsp3) is 0.533. The highest BCUT2D eigenvalue weighted by Gasteiger charge is 2.07. The molecular formula is C15H22O2. The summed E-state index contributed by atoms with van der Waals surface area (Å²) < 4.78 is 5.38. The summed E-state index contributed by atoms with van der Waals surface area (Å²) in [6.45, 7) is 8.74. The van der Waals surface area contributed by atoms with Gasteiger partial charge in [-0.2, -0.15) is 0 Å². The zero-order chi connectivity index (χ0) is 12.8. The summed E-state index contributed by atoms with van der Waals surface area (Å²) in [5.41, 5.74) is 2.04. The summed E-state index contributed by atoms with van der Waals surface area (Å²) in [6.07, 6.45) is 0.644. The van der Waals surface area contributed by atoms with Crippen molar-refractivity contribution in [3.8, 4) is 0 Å². The highest BCUT2D eigenvalue weighted by atomic mass is 16.5. The van der Waals surface area contributed by atoms with E-state index < -0.39 is 0 Å². The summed E-state index contributed by atoms with van der Waals surface area (Å²) in [5, 5.41) is 0. The van der Waals surface area contributed by atoms with Gasteiger partial charge in [0.1, 0.15) is 0 Å². The lowest BCUT2D eigenvalue weighted by Crippen LogP contribution is -2.09. The molecule has 1 aromatic carbocycles. The van der Waals surface area contributed by atoms with Gasteiger partial charge in [0.25, 0.3) is 0 Å². The summed E-state index contributed by atoms with van der Waals surface area (Å²) in [7, 11) is 0. The molecule has 0 amide bonds. The normalized spacial score (nSPS) is 11.2. The quantitative estimate of drug-likeness (QED) is 0.700. The molecule has 1 aromatic rings. The number of benzene rings is 1. The van der Waals surface area contributed by atoms with E-state index in [0.717, 1.165) is 5.56 Å². The molecule has 17 heavy (non-hydrogen) atoms. The van der Waals surface area contributed by atoms with E-state index in [4.69, 9.17) is 4.74 Å². The largest absolute Gasteiger partial charge is 0.378 e. The van der Waals surface area contributed by atoms with Crippen LogP contribution in [0.2, 0.25) is 0 Å². The molecule has 0 spiro atoms. The second-order valence-corrected chi connectivity index (χ2v) is 4.87. The third-order valence-electron chi connectivity index (χ3n) is 2.68. The van der Waals surface area contributed by atoms with Crippen LogP contribution >= 0.6 is 0 Å². The van der Waals surface area contributed by atoms with Crippen molar-refractivity contribution in [2.75, 3.05) is 6.61 Å². The van der Waals surface area contributed by atoms with Crippen molar-refractivity contribution in [1.82, 2.24) is 0 Å². The number of rotatable bonds is 6. The van der Waals surface area contributed by atoms with Gasteiger partial charge in [0.2, 0.25) is 0 Å². The highest BCUT2D eigenvalue weighted by molar-refractivity contribution is 5.96. The Labute approximate surface area is 104 Å². The van der Waals surface area contributed by atoms with E-state index in [2.05, 4.69) is 13.8 Å². The maximum Gasteiger partial charge on any atom is 0.165 e. The average Bonchev–Trinajstić information content (AvgIpc) is 2.28. The minimum absolute atomic E-state index is 0.154. The number of ketones is 1. The Morgan fingerprint density at radius 2 is 1.71 bits per heavy atom. The van der Waals surface area contributed by atoms with Crippen LogP contribution in [0.15, 0.2) is 24.3 Å². The first-order valence-corrected chi connectivity index (χ1v) is 6.25. The maximum absolute atomic E-state index is 11.8. The Bertz CT molecular complexity index is 350. The van der Waals surface area contributed by atoms with Crippen LogP contribution in [0.25, 0.3) is 0 Å². The molecule has 0 aromatic heterocycles. The van der Waals surface area contributed by atoms with Crippen molar-refractivity contribution in [2.45, 2.75) is 46.1 Å². The molecule has 0 fully saturated rings. The molecular weight excluding hydrogens is 212 g/mol. The lowest BCUT2D eigenvalue weighted by Gasteiger charge is -2.08. The molecule has 0 aliphatic heterocycles. The van der Waals surface area contributed by atoms with E-state index in [1.54, 1.807) is 0 Å². The predicted octanol–water partition coefficient (Wildman–Crippen LogP) is 3.81. The molecule has 0 aliphatic rings. The van der Waals surface area contributed by atoms with E-state index in [0.29, 0.717) is 18.9 Å². The first-order chi connectivity index (χ1) is 8.00. The standard InChI is InChI=1S/C15H22O2/c1-11(2)13-5-7-14(8-6-13)15(16)9-10-17-12(3)4/h5-8,11-12H,9-10H2,1-4H3. The van der Waals surface area contributed by atoms with Gasteiger partial charge >= 0.3 is 0 Å². The molecule has 0 radical (unpaired) electrons. The topological polar surface area (TPSA) is 26.3 Å². The van der Waals surface area contributed by atoms with Crippen LogP contribution in [-0.2, 0) is 4.74 Å². The third kappa shape index (κ3) is 4.70. The zero-order valence-corrected chi connectivity index (χ0v) is 11.2. The van der Waals surface area contributed by atoms with Gasteiger partial charge in [-0.05, 0) is 25.3 Å². The second kappa shape index (κ2) is 6.55. The predicted molar refractivity (Wildman–Crippen MR) is 70.6 cm³/mol. The number of hydrogen-bond acceptors (Lipinski definition) is 2. The molecule has 2 nitrogen and oxygen atoms in total. The van der Waals surface area contributed by atoms with Crippen molar-refractivity contribution < 1.29 is 9.53 Å². The lowest BCUT2D eigenvalue weighted by molar-refractivity contribution is 0.0678. The Hall–Kier alpha value is -1.15. The molecule has 0 bridgehead atoms. The fourth-order valence-corrected chi connectivity index (χ4v) is 1.59. The van der Waals surface area contributed by atoms with E-state index in [1.165, 1.54) is 5.56 Å². The van der Waals surface area contributed by atoms with Gasteiger partial charge in [-0.3, -0.25) is 4.79 Å². The van der Waals surface area contributed by atoms with Crippen molar-refractivity contribution in [1.29, 1.82) is 0 Å². The van der Waals surface area contributed by atoms with Crippen LogP contribution in [0.3, 0.4) is 0 Å². The van der Waals surface area contributed by atoms with Crippen molar-refractivity contribution in [2.24, 2.45) is 0 Å². The molecule has 1 rings (SSSR count). The van der Waals surface area contributed by atoms with Gasteiger partial charge in [0, 0.05) is 12.0 Å². The number of ether oxygens (including phenoxy) is 1. The molecule has 0 unspecified atom stereocenters. The van der Waals surface area contributed by atoms with E-state index in [1.807, 2.05) is 38.1 Å². The number of carbonyl (C=O) groups excluding carboxylic acids is 1. The van der Waals surface area contributed by atoms with Crippen LogP contribution in [0.5, 0.6) is 0 Å². The minimum atomic E-state index is 0.154. The summed E-state index contributed by atoms with van der Waals surface area (Å²) in [4.78, 5) is 11.8. The van der Waals surface area contributed by atoms with Crippen molar-refractivity contribution in [3.05, 3.63) is 35.4 Å². The van der Waals surface area contributed by atoms with Gasteiger partial charge < -0.3 is 4.74 Å². The monoisotopic (exact) mass is 234 g/mol. The van der Waals surface area contributed by atoms with Gasteiger partial charge in [0.05, 0.1) is 12.7 Å². The van der Waals surface area contributed by atoms with E-state index in [9.17, 15) is 4.79 Å². The van der Waals surface area contributed by atoms with Crippen LogP contribution in [-0.4, -0.2) is 18.5 Å². The molecule has 0 atom stereocenters. The van der Waals surface area contributed by atoms with Crippen molar-refractivity contribution in [3.63, 3.8) is 0 Å². The molecule has 0 heterocycles. The number of carbonyl (C=O) groups is 1. The zero-order valence-electron chi connectivity index (χ0n) is 11.2. The van der Waals surface area contributed by atoms with Crippen LogP contribution in [0.1, 0.15) is 56.0 Å². The molecule has 0 saturated heterocycles. The van der Waals surface area contributed by atoms with E-state index >= 15 is 0 Å². The lowest BCUT2D eigenvalue weighted by atomic mass is 10.00. The maximum atomic E-state index is 11.8. The third-order valence-corrected chi connectivity index (χ3v) is 2.68. The fourth-order valence-electron chi connectivity index (χ4n) is 1.59. The SMILES string of the molecule is CC(C)OCCC(=O)c1ccc(C(C)C)cc1. The number of hydrogen-bond donors (Lipinski definition) is 0. The number of Topliss-reactive ketones (excluding diaryl/α,β-unsaturated/α-hetero) is 1. The van der Waals surface area contributed by atoms with Crippen LogP contribution in [0.4, 0.5) is 0 Å². The first kappa shape index (κ1) is 13.9. The smallest absolute Gasteiger partial charge is 0.165 e. The molecule has 0 saturated carbocycles.